The van der Waals surface area contributed by atoms with Gasteiger partial charge in [-0.2, -0.15) is 0 Å². The summed E-state index contributed by atoms with van der Waals surface area (Å²) in [7, 11) is 3.10. The number of piperidine rings is 1. The van der Waals surface area contributed by atoms with E-state index < -0.39 is 16.9 Å². The van der Waals surface area contributed by atoms with Crippen LogP contribution in [0.3, 0.4) is 0 Å². The molecular formula is C32H36N4O5. The van der Waals surface area contributed by atoms with Crippen LogP contribution in [-0.4, -0.2) is 43.8 Å². The zero-order valence-electron chi connectivity index (χ0n) is 24.2. The lowest BCUT2D eigenvalue weighted by atomic mass is 9.88. The van der Waals surface area contributed by atoms with Gasteiger partial charge in [0.1, 0.15) is 23.6 Å². The minimum atomic E-state index is -0.613. The second-order valence-electron chi connectivity index (χ2n) is 11.5. The van der Waals surface area contributed by atoms with Crippen molar-refractivity contribution in [3.8, 4) is 17.0 Å². The first-order valence-electron chi connectivity index (χ1n) is 13.9. The van der Waals surface area contributed by atoms with Gasteiger partial charge < -0.3 is 14.4 Å². The second kappa shape index (κ2) is 11.2. The van der Waals surface area contributed by atoms with Gasteiger partial charge >= 0.3 is 11.8 Å². The molecule has 2 aromatic carbocycles. The number of amides is 1. The topological polar surface area (TPSA) is 95.7 Å². The Balaban J connectivity index is 1.62. The lowest BCUT2D eigenvalue weighted by molar-refractivity contribution is 0.0198. The van der Waals surface area contributed by atoms with Crippen LogP contribution in [-0.2, 0) is 25.4 Å². The van der Waals surface area contributed by atoms with Gasteiger partial charge in [-0.1, -0.05) is 42.5 Å². The molecule has 1 aliphatic heterocycles. The van der Waals surface area contributed by atoms with Crippen LogP contribution in [0.15, 0.2) is 70.3 Å². The van der Waals surface area contributed by atoms with E-state index in [4.69, 9.17) is 14.5 Å². The second-order valence-corrected chi connectivity index (χ2v) is 11.5. The molecule has 9 nitrogen and oxygen atoms in total. The van der Waals surface area contributed by atoms with Crippen molar-refractivity contribution in [1.29, 1.82) is 0 Å². The predicted molar refractivity (Wildman–Crippen MR) is 158 cm³/mol. The van der Waals surface area contributed by atoms with E-state index in [1.165, 1.54) is 11.6 Å². The SMILES string of the molecule is Cn1c(=O)c2c(C3CCCN(C(=O)OC(C)(C)C)C3)cc(-c3ccccc3OCc3ccccc3)nc2n(C)c1=O. The molecule has 1 atom stereocenters. The Labute approximate surface area is 239 Å². The number of carbonyl (C=O) groups excluding carboxylic acids is 1. The summed E-state index contributed by atoms with van der Waals surface area (Å²) in [4.78, 5) is 46.0. The Morgan fingerprint density at radius 3 is 2.44 bits per heavy atom. The number of ether oxygens (including phenoxy) is 2. The van der Waals surface area contributed by atoms with Gasteiger partial charge in [-0.25, -0.2) is 14.6 Å². The van der Waals surface area contributed by atoms with Crippen LogP contribution < -0.4 is 16.0 Å². The smallest absolute Gasteiger partial charge is 0.410 e. The molecule has 0 aliphatic carbocycles. The average molecular weight is 557 g/mol. The van der Waals surface area contributed by atoms with Crippen LogP contribution in [0.25, 0.3) is 22.3 Å². The van der Waals surface area contributed by atoms with Gasteiger partial charge in [0.05, 0.1) is 11.1 Å². The highest BCUT2D eigenvalue weighted by atomic mass is 16.6. The van der Waals surface area contributed by atoms with Gasteiger partial charge in [-0.3, -0.25) is 13.9 Å². The first-order chi connectivity index (χ1) is 19.5. The van der Waals surface area contributed by atoms with Gasteiger partial charge in [0.15, 0.2) is 0 Å². The molecule has 4 aromatic rings. The van der Waals surface area contributed by atoms with E-state index in [-0.39, 0.29) is 12.0 Å². The third-order valence-corrected chi connectivity index (χ3v) is 7.35. The van der Waals surface area contributed by atoms with Crippen molar-refractivity contribution in [2.45, 2.75) is 51.7 Å². The van der Waals surface area contributed by atoms with E-state index in [0.717, 1.165) is 34.1 Å². The molecule has 0 saturated carbocycles. The van der Waals surface area contributed by atoms with Crippen molar-refractivity contribution in [3.05, 3.63) is 92.6 Å². The summed E-state index contributed by atoms with van der Waals surface area (Å²) in [6, 6.07) is 19.4. The summed E-state index contributed by atoms with van der Waals surface area (Å²) in [5.74, 6) is 0.491. The van der Waals surface area contributed by atoms with Crippen molar-refractivity contribution in [3.63, 3.8) is 0 Å². The first kappa shape index (κ1) is 28.1. The quantitative estimate of drug-likeness (QED) is 0.344. The zero-order valence-corrected chi connectivity index (χ0v) is 24.2. The minimum absolute atomic E-state index is 0.150. The number of rotatable bonds is 5. The van der Waals surface area contributed by atoms with Crippen molar-refractivity contribution in [2.75, 3.05) is 13.1 Å². The Morgan fingerprint density at radius 1 is 1.00 bits per heavy atom. The Hall–Kier alpha value is -4.40. The number of hydrogen-bond acceptors (Lipinski definition) is 6. The highest BCUT2D eigenvalue weighted by molar-refractivity contribution is 5.84. The van der Waals surface area contributed by atoms with E-state index in [1.807, 2.05) is 81.4 Å². The van der Waals surface area contributed by atoms with E-state index in [2.05, 4.69) is 0 Å². The van der Waals surface area contributed by atoms with Gasteiger partial charge in [-0.15, -0.1) is 0 Å². The van der Waals surface area contributed by atoms with Gasteiger partial charge in [-0.05, 0) is 62.9 Å². The van der Waals surface area contributed by atoms with E-state index in [0.29, 0.717) is 42.2 Å². The Kier molecular flexibility index (Phi) is 7.71. The molecule has 1 aliphatic rings. The number of fused-ring (bicyclic) bond motifs is 1. The van der Waals surface area contributed by atoms with Crippen LogP contribution in [0.4, 0.5) is 4.79 Å². The number of aromatic nitrogens is 3. The van der Waals surface area contributed by atoms with Crippen LogP contribution in [0.5, 0.6) is 5.75 Å². The molecule has 0 spiro atoms. The van der Waals surface area contributed by atoms with Crippen molar-refractivity contribution < 1.29 is 14.3 Å². The lowest BCUT2D eigenvalue weighted by Gasteiger charge is -2.34. The van der Waals surface area contributed by atoms with Crippen LogP contribution >= 0.6 is 0 Å². The maximum absolute atomic E-state index is 13.5. The average Bonchev–Trinajstić information content (AvgIpc) is 2.97. The third-order valence-electron chi connectivity index (χ3n) is 7.35. The molecule has 5 rings (SSSR count). The van der Waals surface area contributed by atoms with E-state index >= 15 is 0 Å². The number of likely N-dealkylation sites (tertiary alicyclic amines) is 1. The number of aryl methyl sites for hydroxylation is 1. The standard InChI is InChI=1S/C32H36N4O5/c1-32(2,3)41-31(39)36-17-11-14-22(19-36)24-18-25(33-28-27(24)29(37)35(5)30(38)34(28)4)23-15-9-10-16-26(23)40-20-21-12-7-6-8-13-21/h6-10,12-13,15-16,18,22H,11,14,17,19-20H2,1-5H3. The van der Waals surface area contributed by atoms with E-state index in [1.54, 1.807) is 11.9 Å². The number of carbonyl (C=O) groups is 1. The fourth-order valence-electron chi connectivity index (χ4n) is 5.31. The molecule has 214 valence electrons. The molecule has 0 bridgehead atoms. The van der Waals surface area contributed by atoms with Crippen LogP contribution in [0.2, 0.25) is 0 Å². The molecule has 9 heteroatoms. The lowest BCUT2D eigenvalue weighted by Crippen LogP contribution is -2.43. The molecule has 0 N–H and O–H groups in total. The Morgan fingerprint density at radius 2 is 1.71 bits per heavy atom. The fourth-order valence-corrected chi connectivity index (χ4v) is 5.31. The molecule has 0 radical (unpaired) electrons. The summed E-state index contributed by atoms with van der Waals surface area (Å²) in [6.07, 6.45) is 1.16. The van der Waals surface area contributed by atoms with Crippen LogP contribution in [0.1, 0.15) is 50.7 Å². The molecule has 1 saturated heterocycles. The largest absolute Gasteiger partial charge is 0.488 e. The summed E-state index contributed by atoms with van der Waals surface area (Å²) < 4.78 is 14.4. The summed E-state index contributed by atoms with van der Waals surface area (Å²) >= 11 is 0. The number of para-hydroxylation sites is 1. The summed E-state index contributed by atoms with van der Waals surface area (Å²) in [5.41, 5.74) is 1.97. The molecular weight excluding hydrogens is 520 g/mol. The van der Waals surface area contributed by atoms with Crippen LogP contribution in [0, 0.1) is 0 Å². The first-order valence-corrected chi connectivity index (χ1v) is 13.9. The summed E-state index contributed by atoms with van der Waals surface area (Å²) in [6.45, 7) is 6.88. The van der Waals surface area contributed by atoms with Crippen molar-refractivity contribution in [2.24, 2.45) is 14.1 Å². The molecule has 3 heterocycles. The van der Waals surface area contributed by atoms with Gasteiger partial charge in [0.25, 0.3) is 5.56 Å². The number of benzene rings is 2. The molecule has 1 amide bonds. The van der Waals surface area contributed by atoms with Gasteiger partial charge in [0.2, 0.25) is 0 Å². The monoisotopic (exact) mass is 556 g/mol. The fraction of sp³-hybridized carbons (Fsp3) is 0.375. The third kappa shape index (κ3) is 5.89. The van der Waals surface area contributed by atoms with Gasteiger partial charge in [0, 0.05) is 38.7 Å². The number of pyridine rings is 1. The highest BCUT2D eigenvalue weighted by Gasteiger charge is 2.31. The molecule has 2 aromatic heterocycles. The minimum Gasteiger partial charge on any atom is -0.488 e. The maximum Gasteiger partial charge on any atom is 0.410 e. The highest BCUT2D eigenvalue weighted by Crippen LogP contribution is 2.36. The maximum atomic E-state index is 13.5. The van der Waals surface area contributed by atoms with Crippen molar-refractivity contribution >= 4 is 17.1 Å². The Bertz CT molecular complexity index is 1700. The number of nitrogens with zero attached hydrogens (tertiary/aromatic N) is 4. The number of hydrogen-bond donors (Lipinski definition) is 0. The molecule has 1 unspecified atom stereocenters. The normalized spacial score (nSPS) is 15.6. The zero-order chi connectivity index (χ0) is 29.3. The van der Waals surface area contributed by atoms with Crippen molar-refractivity contribution in [1.82, 2.24) is 19.0 Å². The molecule has 1 fully saturated rings. The predicted octanol–water partition coefficient (Wildman–Crippen LogP) is 4.99. The summed E-state index contributed by atoms with van der Waals surface area (Å²) in [5, 5.41) is 0.386. The molecule has 41 heavy (non-hydrogen) atoms. The van der Waals surface area contributed by atoms with E-state index in [9.17, 15) is 14.4 Å².